The highest BCUT2D eigenvalue weighted by molar-refractivity contribution is 7.09. The van der Waals surface area contributed by atoms with Crippen LogP contribution in [0.5, 0.6) is 17.2 Å². The Morgan fingerprint density at radius 1 is 1.20 bits per heavy atom. The van der Waals surface area contributed by atoms with E-state index in [-0.39, 0.29) is 5.78 Å². The van der Waals surface area contributed by atoms with Gasteiger partial charge >= 0.3 is 0 Å². The van der Waals surface area contributed by atoms with Crippen LogP contribution in [0.4, 0.5) is 0 Å². The molecule has 5 nitrogen and oxygen atoms in total. The Morgan fingerprint density at radius 3 is 2.77 bits per heavy atom. The van der Waals surface area contributed by atoms with Gasteiger partial charge in [0.1, 0.15) is 24.0 Å². The first-order valence-electron chi connectivity index (χ1n) is 9.74. The molecule has 0 aliphatic carbocycles. The van der Waals surface area contributed by atoms with Gasteiger partial charge in [0.15, 0.2) is 5.76 Å². The number of methoxy groups -OCH3 is 1. The van der Waals surface area contributed by atoms with Crippen molar-refractivity contribution in [3.8, 4) is 17.2 Å². The van der Waals surface area contributed by atoms with Crippen molar-refractivity contribution in [1.82, 2.24) is 4.90 Å². The van der Waals surface area contributed by atoms with Crippen molar-refractivity contribution in [2.24, 2.45) is 0 Å². The Kier molecular flexibility index (Phi) is 4.81. The fourth-order valence-corrected chi connectivity index (χ4v) is 4.62. The maximum Gasteiger partial charge on any atom is 0.231 e. The van der Waals surface area contributed by atoms with Crippen LogP contribution in [-0.4, -0.2) is 24.5 Å². The van der Waals surface area contributed by atoms with Crippen molar-refractivity contribution in [1.29, 1.82) is 0 Å². The van der Waals surface area contributed by atoms with Crippen LogP contribution in [-0.2, 0) is 13.1 Å². The molecular formula is C24H21NO4S. The van der Waals surface area contributed by atoms with Crippen LogP contribution in [0.15, 0.2) is 53.6 Å². The minimum atomic E-state index is -0.0953. The number of allylic oxidation sites excluding steroid dienone is 1. The number of hydrogen-bond donors (Lipinski definition) is 0. The van der Waals surface area contributed by atoms with E-state index in [9.17, 15) is 4.79 Å². The molecule has 0 unspecified atom stereocenters. The van der Waals surface area contributed by atoms with E-state index in [4.69, 9.17) is 14.2 Å². The van der Waals surface area contributed by atoms with Crippen LogP contribution >= 0.6 is 11.3 Å². The number of ether oxygens (including phenoxy) is 3. The van der Waals surface area contributed by atoms with E-state index < -0.39 is 0 Å². The van der Waals surface area contributed by atoms with E-state index in [0.717, 1.165) is 41.3 Å². The molecule has 3 heterocycles. The molecule has 6 heteroatoms. The van der Waals surface area contributed by atoms with Crippen molar-refractivity contribution in [2.45, 2.75) is 20.0 Å². The van der Waals surface area contributed by atoms with Crippen LogP contribution in [0.3, 0.4) is 0 Å². The first-order valence-corrected chi connectivity index (χ1v) is 10.6. The summed E-state index contributed by atoms with van der Waals surface area (Å²) in [5.74, 6) is 2.44. The monoisotopic (exact) mass is 419 g/mol. The highest BCUT2D eigenvalue weighted by Crippen LogP contribution is 2.43. The number of Topliss-reactive ketones (excluding diaryl/α,β-unsaturated/α-hetero) is 1. The number of ketones is 1. The summed E-state index contributed by atoms with van der Waals surface area (Å²) in [6, 6.07) is 13.6. The van der Waals surface area contributed by atoms with Crippen LogP contribution in [0, 0.1) is 6.92 Å². The predicted molar refractivity (Wildman–Crippen MR) is 116 cm³/mol. The average Bonchev–Trinajstić information content (AvgIpc) is 3.38. The summed E-state index contributed by atoms with van der Waals surface area (Å²) in [4.78, 5) is 16.6. The molecule has 0 amide bonds. The standard InChI is InChI=1S/C24H21NO4S/c1-15-23-17(12-25(14-28-23)13-19-4-3-9-30-19)11-20-22(26)21(29-24(15)20)10-16-5-7-18(27-2)8-6-16/h3-11H,12-14H2,1-2H3/b21-10-. The molecule has 0 radical (unpaired) electrons. The molecule has 0 atom stereocenters. The average molecular weight is 420 g/mol. The minimum absolute atomic E-state index is 0.0953. The third kappa shape index (κ3) is 3.38. The number of nitrogens with zero attached hydrogens (tertiary/aromatic N) is 1. The SMILES string of the molecule is COc1ccc(/C=C2\Oc3c(cc4c(c3C)OCN(Cc3cccs3)C4)C2=O)cc1. The molecule has 2 aliphatic heterocycles. The van der Waals surface area contributed by atoms with Gasteiger partial charge < -0.3 is 14.2 Å². The smallest absolute Gasteiger partial charge is 0.231 e. The van der Waals surface area contributed by atoms with Gasteiger partial charge in [-0.3, -0.25) is 9.69 Å². The lowest BCUT2D eigenvalue weighted by Gasteiger charge is -2.30. The molecule has 0 bridgehead atoms. The second kappa shape index (κ2) is 7.63. The molecule has 5 rings (SSSR count). The number of hydrogen-bond acceptors (Lipinski definition) is 6. The van der Waals surface area contributed by atoms with E-state index in [1.807, 2.05) is 37.3 Å². The Bertz CT molecular complexity index is 1130. The van der Waals surface area contributed by atoms with Crippen LogP contribution in [0.1, 0.15) is 31.9 Å². The van der Waals surface area contributed by atoms with Gasteiger partial charge in [0.25, 0.3) is 0 Å². The minimum Gasteiger partial charge on any atom is -0.497 e. The van der Waals surface area contributed by atoms with Gasteiger partial charge in [0.2, 0.25) is 5.78 Å². The Hall–Kier alpha value is -3.09. The number of thiophene rings is 1. The molecule has 0 saturated carbocycles. The predicted octanol–water partition coefficient (Wildman–Crippen LogP) is 5.03. The topological polar surface area (TPSA) is 48.0 Å². The van der Waals surface area contributed by atoms with Crippen molar-refractivity contribution in [2.75, 3.05) is 13.8 Å². The molecule has 1 aromatic heterocycles. The second-order valence-corrected chi connectivity index (χ2v) is 8.45. The van der Waals surface area contributed by atoms with Crippen molar-refractivity contribution >= 4 is 23.2 Å². The highest BCUT2D eigenvalue weighted by atomic mass is 32.1. The largest absolute Gasteiger partial charge is 0.497 e. The van der Waals surface area contributed by atoms with Crippen molar-refractivity contribution < 1.29 is 19.0 Å². The van der Waals surface area contributed by atoms with Crippen LogP contribution in [0.2, 0.25) is 0 Å². The quantitative estimate of drug-likeness (QED) is 0.555. The first-order chi connectivity index (χ1) is 14.6. The fraction of sp³-hybridized carbons (Fsp3) is 0.208. The number of carbonyl (C=O) groups is 1. The zero-order valence-electron chi connectivity index (χ0n) is 16.8. The molecule has 0 fully saturated rings. The summed E-state index contributed by atoms with van der Waals surface area (Å²) >= 11 is 1.74. The maximum atomic E-state index is 13.0. The number of rotatable bonds is 4. The van der Waals surface area contributed by atoms with Crippen molar-refractivity contribution in [3.63, 3.8) is 0 Å². The lowest BCUT2D eigenvalue weighted by Crippen LogP contribution is -2.31. The third-order valence-electron chi connectivity index (χ3n) is 5.37. The molecule has 152 valence electrons. The zero-order chi connectivity index (χ0) is 20.7. The Balaban J connectivity index is 1.42. The van der Waals surface area contributed by atoms with Crippen LogP contribution in [0.25, 0.3) is 6.08 Å². The summed E-state index contributed by atoms with van der Waals surface area (Å²) < 4.78 is 17.2. The van der Waals surface area contributed by atoms with E-state index in [2.05, 4.69) is 22.4 Å². The molecule has 30 heavy (non-hydrogen) atoms. The normalized spacial score (nSPS) is 16.7. The number of fused-ring (bicyclic) bond motifs is 2. The number of carbonyl (C=O) groups excluding carboxylic acids is 1. The lowest BCUT2D eigenvalue weighted by atomic mass is 10.00. The van der Waals surface area contributed by atoms with E-state index in [0.29, 0.717) is 23.8 Å². The Morgan fingerprint density at radius 2 is 2.03 bits per heavy atom. The summed E-state index contributed by atoms with van der Waals surface area (Å²) in [6.07, 6.45) is 1.77. The van der Waals surface area contributed by atoms with Gasteiger partial charge in [0, 0.05) is 29.1 Å². The molecular weight excluding hydrogens is 398 g/mol. The van der Waals surface area contributed by atoms with Crippen molar-refractivity contribution in [3.05, 3.63) is 80.7 Å². The zero-order valence-corrected chi connectivity index (χ0v) is 17.6. The summed E-state index contributed by atoms with van der Waals surface area (Å²) in [5, 5.41) is 2.08. The second-order valence-electron chi connectivity index (χ2n) is 7.42. The fourth-order valence-electron chi connectivity index (χ4n) is 3.87. The summed E-state index contributed by atoms with van der Waals surface area (Å²) in [7, 11) is 1.63. The van der Waals surface area contributed by atoms with E-state index in [1.54, 1.807) is 24.5 Å². The summed E-state index contributed by atoms with van der Waals surface area (Å²) in [5.41, 5.74) is 3.39. The van der Waals surface area contributed by atoms with Crippen LogP contribution < -0.4 is 14.2 Å². The molecule has 0 N–H and O–H groups in total. The third-order valence-corrected chi connectivity index (χ3v) is 6.24. The molecule has 0 saturated heterocycles. The highest BCUT2D eigenvalue weighted by Gasteiger charge is 2.33. The van der Waals surface area contributed by atoms with E-state index in [1.165, 1.54) is 4.88 Å². The lowest BCUT2D eigenvalue weighted by molar-refractivity contribution is 0.0886. The molecule has 0 spiro atoms. The van der Waals surface area contributed by atoms with Gasteiger partial charge in [-0.15, -0.1) is 11.3 Å². The molecule has 2 aliphatic rings. The molecule has 2 aromatic carbocycles. The van der Waals surface area contributed by atoms with Gasteiger partial charge in [-0.2, -0.15) is 0 Å². The van der Waals surface area contributed by atoms with Gasteiger partial charge in [-0.05, 0) is 48.2 Å². The number of benzene rings is 2. The Labute approximate surface area is 179 Å². The summed E-state index contributed by atoms with van der Waals surface area (Å²) in [6.45, 7) is 4.05. The van der Waals surface area contributed by atoms with E-state index >= 15 is 0 Å². The van der Waals surface area contributed by atoms with Gasteiger partial charge in [-0.1, -0.05) is 18.2 Å². The molecule has 3 aromatic rings. The van der Waals surface area contributed by atoms with Gasteiger partial charge in [0.05, 0.1) is 12.7 Å². The first kappa shape index (κ1) is 18.9. The van der Waals surface area contributed by atoms with Gasteiger partial charge in [-0.25, -0.2) is 0 Å². The maximum absolute atomic E-state index is 13.0.